The van der Waals surface area contributed by atoms with E-state index < -0.39 is 15.9 Å². The quantitative estimate of drug-likeness (QED) is 0.603. The molecule has 1 aliphatic heterocycles. The predicted octanol–water partition coefficient (Wildman–Crippen LogP) is 4.67. The molecule has 8 heteroatoms. The molecule has 1 fully saturated rings. The maximum atomic E-state index is 13.3. The molecule has 0 saturated carbocycles. The van der Waals surface area contributed by atoms with Crippen LogP contribution in [0.2, 0.25) is 0 Å². The average Bonchev–Trinajstić information content (AvgIpc) is 3.09. The van der Waals surface area contributed by atoms with Crippen LogP contribution < -0.4 is 10.1 Å². The molecule has 32 heavy (non-hydrogen) atoms. The van der Waals surface area contributed by atoms with Gasteiger partial charge in [-0.1, -0.05) is 13.8 Å². The van der Waals surface area contributed by atoms with Gasteiger partial charge in [0, 0.05) is 29.7 Å². The smallest absolute Gasteiger partial charge is 0.291 e. The lowest BCUT2D eigenvalue weighted by Crippen LogP contribution is -2.42. The van der Waals surface area contributed by atoms with Gasteiger partial charge >= 0.3 is 0 Å². The van der Waals surface area contributed by atoms with Gasteiger partial charge in [0.15, 0.2) is 5.76 Å². The lowest BCUT2D eigenvalue weighted by Gasteiger charge is -2.34. The van der Waals surface area contributed by atoms with Crippen LogP contribution in [0.15, 0.2) is 51.8 Å². The topological polar surface area (TPSA) is 88.8 Å². The number of carbonyl (C=O) groups excluding carboxylic acids is 1. The van der Waals surface area contributed by atoms with Crippen LogP contribution in [0, 0.1) is 18.8 Å². The predicted molar refractivity (Wildman–Crippen MR) is 124 cm³/mol. The van der Waals surface area contributed by atoms with Crippen molar-refractivity contribution in [1.82, 2.24) is 4.31 Å². The van der Waals surface area contributed by atoms with E-state index in [4.69, 9.17) is 9.15 Å². The zero-order valence-electron chi connectivity index (χ0n) is 18.7. The number of nitrogens with one attached hydrogen (secondary N) is 1. The van der Waals surface area contributed by atoms with Crippen LogP contribution in [0.25, 0.3) is 11.0 Å². The van der Waals surface area contributed by atoms with E-state index in [2.05, 4.69) is 19.2 Å². The number of fused-ring (bicyclic) bond motifs is 1. The van der Waals surface area contributed by atoms with E-state index in [0.717, 1.165) is 6.42 Å². The Morgan fingerprint density at radius 3 is 2.38 bits per heavy atom. The lowest BCUT2D eigenvalue weighted by atomic mass is 9.94. The zero-order valence-corrected chi connectivity index (χ0v) is 19.5. The van der Waals surface area contributed by atoms with Crippen LogP contribution in [0.3, 0.4) is 0 Å². The van der Waals surface area contributed by atoms with Gasteiger partial charge in [-0.2, -0.15) is 4.31 Å². The summed E-state index contributed by atoms with van der Waals surface area (Å²) in [6.45, 7) is 6.95. The van der Waals surface area contributed by atoms with Crippen molar-refractivity contribution < 1.29 is 22.4 Å². The summed E-state index contributed by atoms with van der Waals surface area (Å²) in [6.07, 6.45) is 1.03. The van der Waals surface area contributed by atoms with E-state index >= 15 is 0 Å². The first-order chi connectivity index (χ1) is 15.2. The van der Waals surface area contributed by atoms with E-state index in [1.54, 1.807) is 60.8 Å². The van der Waals surface area contributed by atoms with Gasteiger partial charge in [0.05, 0.1) is 12.0 Å². The van der Waals surface area contributed by atoms with Crippen molar-refractivity contribution >= 4 is 32.6 Å². The molecule has 0 unspecified atom stereocenters. The second-order valence-electron chi connectivity index (χ2n) is 8.66. The Kier molecular flexibility index (Phi) is 6.01. The molecule has 1 aromatic heterocycles. The van der Waals surface area contributed by atoms with Crippen molar-refractivity contribution in [3.63, 3.8) is 0 Å². The largest absolute Gasteiger partial charge is 0.497 e. The van der Waals surface area contributed by atoms with Gasteiger partial charge in [0.2, 0.25) is 10.0 Å². The number of furan rings is 1. The molecule has 1 N–H and O–H groups in total. The third-order valence-electron chi connectivity index (χ3n) is 5.93. The number of benzene rings is 2. The summed E-state index contributed by atoms with van der Waals surface area (Å²) in [5.41, 5.74) is 1.68. The fourth-order valence-corrected chi connectivity index (χ4v) is 6.10. The fraction of sp³-hybridized carbons (Fsp3) is 0.375. The third-order valence-corrected chi connectivity index (χ3v) is 7.76. The second kappa shape index (κ2) is 8.60. The van der Waals surface area contributed by atoms with Crippen molar-refractivity contribution in [2.75, 3.05) is 25.5 Å². The van der Waals surface area contributed by atoms with Crippen molar-refractivity contribution in [2.45, 2.75) is 32.1 Å². The molecule has 2 aromatic carbocycles. The maximum absolute atomic E-state index is 13.3. The number of anilines is 1. The van der Waals surface area contributed by atoms with Crippen molar-refractivity contribution in [1.29, 1.82) is 0 Å². The molecule has 0 aliphatic carbocycles. The highest BCUT2D eigenvalue weighted by atomic mass is 32.2. The normalized spacial score (nSPS) is 19.8. The van der Waals surface area contributed by atoms with Gasteiger partial charge in [-0.05, 0) is 67.6 Å². The number of hydrogen-bond acceptors (Lipinski definition) is 5. The molecule has 1 aliphatic rings. The minimum absolute atomic E-state index is 0.158. The van der Waals surface area contributed by atoms with Gasteiger partial charge < -0.3 is 14.5 Å². The average molecular weight is 457 g/mol. The Morgan fingerprint density at radius 2 is 1.75 bits per heavy atom. The summed E-state index contributed by atoms with van der Waals surface area (Å²) in [6, 6.07) is 11.8. The zero-order chi connectivity index (χ0) is 23.0. The van der Waals surface area contributed by atoms with Gasteiger partial charge in [-0.3, -0.25) is 4.79 Å². The number of hydrogen-bond donors (Lipinski definition) is 1. The molecule has 2 heterocycles. The number of carbonyl (C=O) groups is 1. The van der Waals surface area contributed by atoms with Gasteiger partial charge in [0.25, 0.3) is 5.91 Å². The van der Waals surface area contributed by atoms with Crippen LogP contribution in [0.5, 0.6) is 5.75 Å². The molecule has 0 radical (unpaired) electrons. The number of rotatable bonds is 5. The van der Waals surface area contributed by atoms with Crippen molar-refractivity contribution in [2.24, 2.45) is 11.8 Å². The molecule has 0 bridgehead atoms. The monoisotopic (exact) mass is 456 g/mol. The summed E-state index contributed by atoms with van der Waals surface area (Å²) in [5.74, 6) is 1.09. The van der Waals surface area contributed by atoms with Gasteiger partial charge in [-0.15, -0.1) is 0 Å². The molecule has 1 saturated heterocycles. The fourth-order valence-electron chi connectivity index (χ4n) is 4.39. The number of amides is 1. The summed E-state index contributed by atoms with van der Waals surface area (Å²) < 4.78 is 39.0. The molecule has 2 atom stereocenters. The minimum Gasteiger partial charge on any atom is -0.497 e. The number of ether oxygens (including phenoxy) is 1. The van der Waals surface area contributed by atoms with Crippen LogP contribution in [0.1, 0.15) is 36.4 Å². The summed E-state index contributed by atoms with van der Waals surface area (Å²) >= 11 is 0. The first-order valence-electron chi connectivity index (χ1n) is 10.7. The van der Waals surface area contributed by atoms with Gasteiger partial charge in [-0.25, -0.2) is 8.42 Å². The molecular formula is C24H28N2O5S. The molecule has 3 aromatic rings. The first-order valence-corrected chi connectivity index (χ1v) is 12.1. The summed E-state index contributed by atoms with van der Waals surface area (Å²) in [4.78, 5) is 13.0. The molecule has 1 amide bonds. The Bertz CT molecular complexity index is 1240. The number of nitrogens with zero attached hydrogens (tertiary/aromatic N) is 1. The minimum atomic E-state index is -3.62. The summed E-state index contributed by atoms with van der Waals surface area (Å²) in [7, 11) is -2.05. The van der Waals surface area contributed by atoms with Crippen LogP contribution in [0.4, 0.5) is 5.69 Å². The SMILES string of the molecule is COc1ccc(NC(=O)c2oc3ccc(S(=O)(=O)N4C[C@H](C)C[C@H](C)C4)cc3c2C)cc1. The number of methoxy groups -OCH3 is 1. The van der Waals surface area contributed by atoms with E-state index in [0.29, 0.717) is 52.9 Å². The van der Waals surface area contributed by atoms with E-state index in [1.165, 1.54) is 0 Å². The van der Waals surface area contributed by atoms with Crippen molar-refractivity contribution in [3.05, 3.63) is 53.8 Å². The third kappa shape index (κ3) is 4.25. The highest BCUT2D eigenvalue weighted by Gasteiger charge is 2.32. The maximum Gasteiger partial charge on any atom is 0.291 e. The van der Waals surface area contributed by atoms with Gasteiger partial charge in [0.1, 0.15) is 11.3 Å². The first kappa shape index (κ1) is 22.4. The lowest BCUT2D eigenvalue weighted by molar-refractivity contribution is 0.0998. The Hall–Kier alpha value is -2.84. The van der Waals surface area contributed by atoms with E-state index in [-0.39, 0.29) is 10.7 Å². The van der Waals surface area contributed by atoms with E-state index in [1.807, 2.05) is 0 Å². The number of sulfonamides is 1. The standard InChI is InChI=1S/C24H28N2O5S/c1-15-11-16(2)14-26(13-15)32(28,29)20-9-10-22-21(12-20)17(3)23(31-22)24(27)25-18-5-7-19(30-4)8-6-18/h5-10,12,15-16H,11,13-14H2,1-4H3,(H,25,27)/t15-,16+. The van der Waals surface area contributed by atoms with Crippen LogP contribution in [-0.2, 0) is 10.0 Å². The number of piperidine rings is 1. The van der Waals surface area contributed by atoms with Crippen LogP contribution >= 0.6 is 0 Å². The number of aryl methyl sites for hydroxylation is 1. The Morgan fingerprint density at radius 1 is 1.09 bits per heavy atom. The molecule has 4 rings (SSSR count). The highest BCUT2D eigenvalue weighted by molar-refractivity contribution is 7.89. The second-order valence-corrected chi connectivity index (χ2v) is 10.6. The molecular weight excluding hydrogens is 428 g/mol. The molecule has 170 valence electrons. The Labute approximate surface area is 188 Å². The Balaban J connectivity index is 1.62. The van der Waals surface area contributed by atoms with Crippen molar-refractivity contribution in [3.8, 4) is 5.75 Å². The highest BCUT2D eigenvalue weighted by Crippen LogP contribution is 2.31. The van der Waals surface area contributed by atoms with Crippen LogP contribution in [-0.4, -0.2) is 38.8 Å². The van der Waals surface area contributed by atoms with E-state index in [9.17, 15) is 13.2 Å². The molecule has 0 spiro atoms. The molecule has 7 nitrogen and oxygen atoms in total. The summed E-state index contributed by atoms with van der Waals surface area (Å²) in [5, 5.41) is 3.42.